The van der Waals surface area contributed by atoms with Gasteiger partial charge in [-0.05, 0) is 89.7 Å². The molecule has 0 radical (unpaired) electrons. The molecular weight excluding hydrogens is 681 g/mol. The van der Waals surface area contributed by atoms with Crippen molar-refractivity contribution in [2.75, 3.05) is 0 Å². The second-order valence-corrected chi connectivity index (χ2v) is 14.5. The van der Waals surface area contributed by atoms with Crippen molar-refractivity contribution in [2.45, 2.75) is 13.8 Å². The van der Waals surface area contributed by atoms with Crippen molar-refractivity contribution in [1.29, 1.82) is 0 Å². The van der Waals surface area contributed by atoms with Gasteiger partial charge in [-0.3, -0.25) is 0 Å². The number of hydrogen-bond donors (Lipinski definition) is 0. The topological polar surface area (TPSA) is 35.6 Å². The molecular formula is C52H38N4. The molecule has 0 amide bonds. The van der Waals surface area contributed by atoms with Crippen LogP contribution in [0.25, 0.3) is 89.3 Å². The molecule has 0 saturated carbocycles. The van der Waals surface area contributed by atoms with E-state index in [2.05, 4.69) is 213 Å². The van der Waals surface area contributed by atoms with Crippen molar-refractivity contribution in [3.05, 3.63) is 205 Å². The smallest absolute Gasteiger partial charge is 0.182 e. The molecule has 4 nitrogen and oxygen atoms in total. The average molecular weight is 719 g/mol. The Labute approximate surface area is 326 Å². The third-order valence-electron chi connectivity index (χ3n) is 10.8. The Kier molecular flexibility index (Phi) is 8.23. The summed E-state index contributed by atoms with van der Waals surface area (Å²) in [5.74, 6) is 1.51. The van der Waals surface area contributed by atoms with Crippen LogP contribution in [0.1, 0.15) is 11.1 Å². The van der Waals surface area contributed by atoms with Crippen molar-refractivity contribution >= 4 is 21.8 Å². The summed E-state index contributed by atoms with van der Waals surface area (Å²) in [4.78, 5) is 5.06. The first-order valence-electron chi connectivity index (χ1n) is 19.1. The fourth-order valence-electron chi connectivity index (χ4n) is 7.92. The minimum Gasteiger partial charge on any atom is -0.309 e. The lowest BCUT2D eigenvalue weighted by molar-refractivity contribution is 0.890. The Morgan fingerprint density at radius 3 is 1.57 bits per heavy atom. The third kappa shape index (κ3) is 5.89. The Bertz CT molecular complexity index is 3010. The number of benzene rings is 8. The maximum absolute atomic E-state index is 5.06. The van der Waals surface area contributed by atoms with Crippen LogP contribution in [0.5, 0.6) is 0 Å². The van der Waals surface area contributed by atoms with Crippen molar-refractivity contribution in [2.24, 2.45) is 0 Å². The Morgan fingerprint density at radius 1 is 0.375 bits per heavy atom. The van der Waals surface area contributed by atoms with Crippen LogP contribution in [-0.4, -0.2) is 19.3 Å². The number of aromatic nitrogens is 4. The number of fused-ring (bicyclic) bond motifs is 3. The van der Waals surface area contributed by atoms with Crippen molar-refractivity contribution in [3.8, 4) is 67.5 Å². The molecule has 2 heterocycles. The van der Waals surface area contributed by atoms with Gasteiger partial charge in [0.1, 0.15) is 0 Å². The largest absolute Gasteiger partial charge is 0.309 e. The van der Waals surface area contributed by atoms with Gasteiger partial charge >= 0.3 is 0 Å². The summed E-state index contributed by atoms with van der Waals surface area (Å²) >= 11 is 0. The van der Waals surface area contributed by atoms with Gasteiger partial charge in [0.2, 0.25) is 0 Å². The summed E-state index contributed by atoms with van der Waals surface area (Å²) < 4.78 is 4.33. The van der Waals surface area contributed by atoms with E-state index < -0.39 is 0 Å². The highest BCUT2D eigenvalue weighted by Gasteiger charge is 2.18. The SMILES string of the molecule is Cc1ccc(-c2nc(-c3ccc(C)cc3)n(-c3ccc(-c4ccccc4-c4ccccc4-c4ccc5c(c4)c4ccccc4n5-c4ccccc4)cc3)n2)cc1. The monoisotopic (exact) mass is 718 g/mol. The van der Waals surface area contributed by atoms with Gasteiger partial charge in [0.15, 0.2) is 11.6 Å². The molecule has 0 aliphatic rings. The first-order chi connectivity index (χ1) is 27.6. The van der Waals surface area contributed by atoms with Gasteiger partial charge in [0, 0.05) is 27.6 Å². The predicted molar refractivity (Wildman–Crippen MR) is 232 cm³/mol. The van der Waals surface area contributed by atoms with Gasteiger partial charge in [-0.25, -0.2) is 9.67 Å². The summed E-state index contributed by atoms with van der Waals surface area (Å²) in [7, 11) is 0. The molecule has 0 N–H and O–H groups in total. The van der Waals surface area contributed by atoms with E-state index in [1.54, 1.807) is 0 Å². The molecule has 10 rings (SSSR count). The van der Waals surface area contributed by atoms with Gasteiger partial charge in [-0.2, -0.15) is 0 Å². The van der Waals surface area contributed by atoms with E-state index >= 15 is 0 Å². The van der Waals surface area contributed by atoms with Gasteiger partial charge in [0.05, 0.1) is 16.7 Å². The predicted octanol–water partition coefficient (Wildman–Crippen LogP) is 13.3. The number of aryl methyl sites for hydroxylation is 2. The molecule has 2 aromatic heterocycles. The molecule has 0 aliphatic heterocycles. The van der Waals surface area contributed by atoms with Crippen molar-refractivity contribution < 1.29 is 0 Å². The molecule has 0 aliphatic carbocycles. The quantitative estimate of drug-likeness (QED) is 0.164. The van der Waals surface area contributed by atoms with Crippen LogP contribution in [0.4, 0.5) is 0 Å². The molecule has 56 heavy (non-hydrogen) atoms. The fourth-order valence-corrected chi connectivity index (χ4v) is 7.92. The lowest BCUT2D eigenvalue weighted by atomic mass is 9.89. The molecule has 0 spiro atoms. The zero-order chi connectivity index (χ0) is 37.6. The molecule has 0 unspecified atom stereocenters. The van der Waals surface area contributed by atoms with E-state index in [9.17, 15) is 0 Å². The van der Waals surface area contributed by atoms with E-state index in [4.69, 9.17) is 10.1 Å². The molecule has 0 atom stereocenters. The van der Waals surface area contributed by atoms with Crippen LogP contribution < -0.4 is 0 Å². The van der Waals surface area contributed by atoms with Gasteiger partial charge in [-0.1, -0.05) is 163 Å². The van der Waals surface area contributed by atoms with Crippen LogP contribution in [0.15, 0.2) is 194 Å². The van der Waals surface area contributed by atoms with Crippen LogP contribution in [0, 0.1) is 13.8 Å². The van der Waals surface area contributed by atoms with Gasteiger partial charge in [-0.15, -0.1) is 5.10 Å². The summed E-state index contributed by atoms with van der Waals surface area (Å²) in [5.41, 5.74) is 16.0. The van der Waals surface area contributed by atoms with Crippen LogP contribution in [0.2, 0.25) is 0 Å². The Hall–Kier alpha value is -7.30. The third-order valence-corrected chi connectivity index (χ3v) is 10.8. The number of rotatable bonds is 7. The summed E-state index contributed by atoms with van der Waals surface area (Å²) in [6, 6.07) is 69.3. The van der Waals surface area contributed by atoms with Crippen molar-refractivity contribution in [3.63, 3.8) is 0 Å². The molecule has 0 bridgehead atoms. The molecule has 8 aromatic carbocycles. The van der Waals surface area contributed by atoms with Crippen LogP contribution in [0.3, 0.4) is 0 Å². The van der Waals surface area contributed by atoms with Gasteiger partial charge < -0.3 is 4.57 Å². The minimum atomic E-state index is 0.703. The molecule has 0 fully saturated rings. The minimum absolute atomic E-state index is 0.703. The molecule has 0 saturated heterocycles. The van der Waals surface area contributed by atoms with E-state index in [-0.39, 0.29) is 0 Å². The van der Waals surface area contributed by atoms with E-state index in [0.29, 0.717) is 5.82 Å². The average Bonchev–Trinajstić information content (AvgIpc) is 3.85. The lowest BCUT2D eigenvalue weighted by Gasteiger charge is -2.15. The van der Waals surface area contributed by atoms with E-state index in [1.165, 1.54) is 60.8 Å². The normalized spacial score (nSPS) is 11.4. The molecule has 4 heteroatoms. The summed E-state index contributed by atoms with van der Waals surface area (Å²) in [5, 5.41) is 7.54. The second kappa shape index (κ2) is 13.8. The number of hydrogen-bond acceptors (Lipinski definition) is 2. The van der Waals surface area contributed by atoms with Crippen LogP contribution in [-0.2, 0) is 0 Å². The number of para-hydroxylation sites is 2. The summed E-state index contributed by atoms with van der Waals surface area (Å²) in [6.45, 7) is 4.20. The Morgan fingerprint density at radius 2 is 0.893 bits per heavy atom. The lowest BCUT2D eigenvalue weighted by Crippen LogP contribution is -2.00. The van der Waals surface area contributed by atoms with Gasteiger partial charge in [0.25, 0.3) is 0 Å². The zero-order valence-electron chi connectivity index (χ0n) is 31.3. The highest BCUT2D eigenvalue weighted by molar-refractivity contribution is 6.11. The Balaban J connectivity index is 1.05. The first-order valence-corrected chi connectivity index (χ1v) is 19.1. The standard InChI is InChI=1S/C52H38N4/c1-35-20-24-38(25-21-35)51-53-52(39-26-22-36(2)23-27-39)56(54-51)42-31-28-37(29-32-42)43-14-6-8-16-45(43)46-17-9-7-15-44(46)40-30-33-50-48(34-40)47-18-10-11-19-49(47)55(50)41-12-4-3-5-13-41/h3-34H,1-2H3. The second-order valence-electron chi connectivity index (χ2n) is 14.5. The van der Waals surface area contributed by atoms with E-state index in [0.717, 1.165) is 33.9 Å². The highest BCUT2D eigenvalue weighted by atomic mass is 15.4. The molecule has 10 aromatic rings. The maximum Gasteiger partial charge on any atom is 0.182 e. The maximum atomic E-state index is 5.06. The first kappa shape index (κ1) is 33.3. The molecule has 266 valence electrons. The summed E-state index contributed by atoms with van der Waals surface area (Å²) in [6.07, 6.45) is 0. The highest BCUT2D eigenvalue weighted by Crippen LogP contribution is 2.41. The van der Waals surface area contributed by atoms with E-state index in [1.807, 2.05) is 4.68 Å². The number of nitrogens with zero attached hydrogens (tertiary/aromatic N) is 4. The van der Waals surface area contributed by atoms with Crippen LogP contribution >= 0.6 is 0 Å². The zero-order valence-corrected chi connectivity index (χ0v) is 31.3. The fraction of sp³-hybridized carbons (Fsp3) is 0.0385. The van der Waals surface area contributed by atoms with Crippen molar-refractivity contribution in [1.82, 2.24) is 19.3 Å².